The standard InChI is InChI=1S/C19H26N2O4/c1-3-4-14-5-6-16(17(11-14)24-2)25-13-19(23)21-9-7-15(8-10-21)12-18(20)22/h3-6,11,15H,7-10,12-13H2,1-2H3,(H2,20,22)/b4-3-. The smallest absolute Gasteiger partial charge is 0.260 e. The zero-order chi connectivity index (χ0) is 18.2. The number of hydrogen-bond donors (Lipinski definition) is 1. The van der Waals surface area contributed by atoms with E-state index in [2.05, 4.69) is 0 Å². The van der Waals surface area contributed by atoms with E-state index in [0.717, 1.165) is 18.4 Å². The number of nitrogens with two attached hydrogens (primary N) is 1. The van der Waals surface area contributed by atoms with Gasteiger partial charge >= 0.3 is 0 Å². The highest BCUT2D eigenvalue weighted by atomic mass is 16.5. The van der Waals surface area contributed by atoms with Crippen LogP contribution in [0.15, 0.2) is 24.3 Å². The average molecular weight is 346 g/mol. The van der Waals surface area contributed by atoms with Gasteiger partial charge in [0.15, 0.2) is 18.1 Å². The summed E-state index contributed by atoms with van der Waals surface area (Å²) in [7, 11) is 1.58. The number of amides is 2. The van der Waals surface area contributed by atoms with E-state index in [-0.39, 0.29) is 24.3 Å². The second-order valence-electron chi connectivity index (χ2n) is 6.19. The molecular formula is C19H26N2O4. The largest absolute Gasteiger partial charge is 0.493 e. The number of carbonyl (C=O) groups excluding carboxylic acids is 2. The van der Waals surface area contributed by atoms with E-state index in [1.807, 2.05) is 31.2 Å². The normalized spacial score (nSPS) is 15.4. The van der Waals surface area contributed by atoms with Crippen molar-refractivity contribution in [3.05, 3.63) is 29.8 Å². The highest BCUT2D eigenvalue weighted by Gasteiger charge is 2.24. The zero-order valence-corrected chi connectivity index (χ0v) is 14.9. The van der Waals surface area contributed by atoms with Crippen LogP contribution in [-0.2, 0) is 9.59 Å². The summed E-state index contributed by atoms with van der Waals surface area (Å²) in [5.74, 6) is 1.09. The van der Waals surface area contributed by atoms with Crippen LogP contribution in [0.3, 0.4) is 0 Å². The summed E-state index contributed by atoms with van der Waals surface area (Å²) >= 11 is 0. The molecule has 1 aromatic carbocycles. The maximum Gasteiger partial charge on any atom is 0.260 e. The van der Waals surface area contributed by atoms with Crippen molar-refractivity contribution < 1.29 is 19.1 Å². The fourth-order valence-electron chi connectivity index (χ4n) is 3.00. The lowest BCUT2D eigenvalue weighted by Crippen LogP contribution is -2.41. The van der Waals surface area contributed by atoms with Gasteiger partial charge in [-0.1, -0.05) is 18.2 Å². The Morgan fingerprint density at radius 2 is 2.00 bits per heavy atom. The lowest BCUT2D eigenvalue weighted by molar-refractivity contribution is -0.134. The summed E-state index contributed by atoms with van der Waals surface area (Å²) in [4.78, 5) is 25.1. The second-order valence-corrected chi connectivity index (χ2v) is 6.19. The van der Waals surface area contributed by atoms with Crippen molar-refractivity contribution in [1.29, 1.82) is 0 Å². The number of carbonyl (C=O) groups is 2. The predicted molar refractivity (Wildman–Crippen MR) is 96.3 cm³/mol. The lowest BCUT2D eigenvalue weighted by atomic mass is 9.93. The maximum atomic E-state index is 12.3. The molecule has 2 rings (SSSR count). The van der Waals surface area contributed by atoms with Crippen molar-refractivity contribution in [2.45, 2.75) is 26.2 Å². The molecule has 0 radical (unpaired) electrons. The Morgan fingerprint density at radius 1 is 1.28 bits per heavy atom. The zero-order valence-electron chi connectivity index (χ0n) is 14.9. The van der Waals surface area contributed by atoms with E-state index >= 15 is 0 Å². The number of methoxy groups -OCH3 is 1. The number of primary amides is 1. The molecule has 0 bridgehead atoms. The van der Waals surface area contributed by atoms with Crippen molar-refractivity contribution in [2.24, 2.45) is 11.7 Å². The van der Waals surface area contributed by atoms with Gasteiger partial charge in [-0.05, 0) is 43.4 Å². The Labute approximate surface area is 148 Å². The molecule has 0 unspecified atom stereocenters. The van der Waals surface area contributed by atoms with Crippen LogP contribution in [0.25, 0.3) is 6.08 Å². The minimum atomic E-state index is -0.276. The van der Waals surface area contributed by atoms with E-state index in [1.165, 1.54) is 0 Å². The molecule has 6 heteroatoms. The molecule has 2 amide bonds. The Hall–Kier alpha value is -2.50. The number of hydrogen-bond acceptors (Lipinski definition) is 4. The first-order chi connectivity index (χ1) is 12.0. The molecule has 0 saturated carbocycles. The van der Waals surface area contributed by atoms with Crippen molar-refractivity contribution in [1.82, 2.24) is 4.90 Å². The molecule has 1 aliphatic rings. The minimum absolute atomic E-state index is 0.0280. The summed E-state index contributed by atoms with van der Waals surface area (Å²) in [6.45, 7) is 3.19. The summed E-state index contributed by atoms with van der Waals surface area (Å²) in [5.41, 5.74) is 6.24. The molecule has 0 atom stereocenters. The molecule has 1 aliphatic heterocycles. The number of benzene rings is 1. The van der Waals surface area contributed by atoms with Crippen LogP contribution < -0.4 is 15.2 Å². The van der Waals surface area contributed by atoms with Gasteiger partial charge in [-0.25, -0.2) is 0 Å². The molecule has 1 aromatic rings. The number of ether oxygens (including phenoxy) is 2. The van der Waals surface area contributed by atoms with Gasteiger partial charge in [0.1, 0.15) is 0 Å². The van der Waals surface area contributed by atoms with Gasteiger partial charge in [-0.3, -0.25) is 9.59 Å². The van der Waals surface area contributed by atoms with Crippen LogP contribution in [-0.4, -0.2) is 43.5 Å². The van der Waals surface area contributed by atoms with Gasteiger partial charge < -0.3 is 20.1 Å². The molecule has 136 valence electrons. The number of rotatable bonds is 7. The lowest BCUT2D eigenvalue weighted by Gasteiger charge is -2.31. The Balaban J connectivity index is 1.87. The maximum absolute atomic E-state index is 12.3. The molecule has 1 fully saturated rings. The molecule has 1 saturated heterocycles. The molecule has 25 heavy (non-hydrogen) atoms. The summed E-state index contributed by atoms with van der Waals surface area (Å²) in [6.07, 6.45) is 5.91. The number of nitrogens with zero attached hydrogens (tertiary/aromatic N) is 1. The Morgan fingerprint density at radius 3 is 2.60 bits per heavy atom. The number of piperidine rings is 1. The van der Waals surface area contributed by atoms with Crippen molar-refractivity contribution in [3.8, 4) is 11.5 Å². The first-order valence-electron chi connectivity index (χ1n) is 8.53. The molecule has 6 nitrogen and oxygen atoms in total. The molecule has 0 aliphatic carbocycles. The first kappa shape index (κ1) is 18.8. The van der Waals surface area contributed by atoms with Crippen molar-refractivity contribution in [3.63, 3.8) is 0 Å². The predicted octanol–water partition coefficient (Wildman–Crippen LogP) is 2.22. The van der Waals surface area contributed by atoms with Crippen LogP contribution in [0.1, 0.15) is 31.7 Å². The third-order valence-electron chi connectivity index (χ3n) is 4.36. The van der Waals surface area contributed by atoms with E-state index in [4.69, 9.17) is 15.2 Å². The summed E-state index contributed by atoms with van der Waals surface area (Å²) in [5, 5.41) is 0. The monoisotopic (exact) mass is 346 g/mol. The van der Waals surface area contributed by atoms with E-state index in [9.17, 15) is 9.59 Å². The molecular weight excluding hydrogens is 320 g/mol. The molecule has 0 spiro atoms. The van der Waals surface area contributed by atoms with E-state index < -0.39 is 0 Å². The van der Waals surface area contributed by atoms with Gasteiger partial charge in [0.05, 0.1) is 7.11 Å². The highest BCUT2D eigenvalue weighted by molar-refractivity contribution is 5.78. The quantitative estimate of drug-likeness (QED) is 0.821. The fourth-order valence-corrected chi connectivity index (χ4v) is 3.00. The third kappa shape index (κ3) is 5.52. The molecule has 2 N–H and O–H groups in total. The minimum Gasteiger partial charge on any atom is -0.493 e. The average Bonchev–Trinajstić information content (AvgIpc) is 2.60. The van der Waals surface area contributed by atoms with Crippen LogP contribution in [0, 0.1) is 5.92 Å². The summed E-state index contributed by atoms with van der Waals surface area (Å²) < 4.78 is 11.0. The Bertz CT molecular complexity index is 634. The molecule has 0 aromatic heterocycles. The van der Waals surface area contributed by atoms with Crippen LogP contribution in [0.4, 0.5) is 0 Å². The topological polar surface area (TPSA) is 81.9 Å². The van der Waals surface area contributed by atoms with Gasteiger partial charge in [-0.15, -0.1) is 0 Å². The van der Waals surface area contributed by atoms with Crippen LogP contribution in [0.5, 0.6) is 11.5 Å². The van der Waals surface area contributed by atoms with Crippen LogP contribution >= 0.6 is 0 Å². The van der Waals surface area contributed by atoms with Gasteiger partial charge in [0.25, 0.3) is 5.91 Å². The second kappa shape index (κ2) is 9.11. The number of allylic oxidation sites excluding steroid dienone is 1. The van der Waals surface area contributed by atoms with Gasteiger partial charge in [-0.2, -0.15) is 0 Å². The molecule has 1 heterocycles. The van der Waals surface area contributed by atoms with Gasteiger partial charge in [0.2, 0.25) is 5.91 Å². The number of likely N-dealkylation sites (tertiary alicyclic amines) is 1. The van der Waals surface area contributed by atoms with Gasteiger partial charge in [0, 0.05) is 19.5 Å². The fraction of sp³-hybridized carbons (Fsp3) is 0.474. The third-order valence-corrected chi connectivity index (χ3v) is 4.36. The Kier molecular flexibility index (Phi) is 6.86. The van der Waals surface area contributed by atoms with Crippen LogP contribution in [0.2, 0.25) is 0 Å². The van der Waals surface area contributed by atoms with E-state index in [0.29, 0.717) is 31.0 Å². The van der Waals surface area contributed by atoms with E-state index in [1.54, 1.807) is 18.1 Å². The SMILES string of the molecule is C/C=C\c1ccc(OCC(=O)N2CCC(CC(N)=O)CC2)c(OC)c1. The highest BCUT2D eigenvalue weighted by Crippen LogP contribution is 2.29. The van der Waals surface area contributed by atoms with Crippen molar-refractivity contribution >= 4 is 17.9 Å². The summed E-state index contributed by atoms with van der Waals surface area (Å²) in [6, 6.07) is 5.59. The first-order valence-corrected chi connectivity index (χ1v) is 8.53. The van der Waals surface area contributed by atoms with Crippen molar-refractivity contribution in [2.75, 3.05) is 26.8 Å².